The predicted molar refractivity (Wildman–Crippen MR) is 420 cm³/mol. The Bertz CT molecular complexity index is 3850. The van der Waals surface area contributed by atoms with Crippen molar-refractivity contribution in [2.45, 2.75) is 181 Å². The largest absolute Gasteiger partial charge is 0.355 e. The Labute approximate surface area is 611 Å². The van der Waals surface area contributed by atoms with Crippen molar-refractivity contribution >= 4 is 62.3 Å². The first kappa shape index (κ1) is 82.5. The Morgan fingerprint density at radius 1 is 0.388 bits per heavy atom. The molecule has 2 aliphatic rings. The Morgan fingerprint density at radius 2 is 0.738 bits per heavy atom. The van der Waals surface area contributed by atoms with Crippen LogP contribution in [-0.4, -0.2) is 75.2 Å². The Kier molecular flexibility index (Phi) is 34.9. The second-order valence-corrected chi connectivity index (χ2v) is 27.3. The third-order valence-electron chi connectivity index (χ3n) is 19.0. The Balaban J connectivity index is 0.000000298. The lowest BCUT2D eigenvalue weighted by molar-refractivity contribution is -0.438. The van der Waals surface area contributed by atoms with Crippen LogP contribution in [-0.2, 0) is 10.8 Å². The van der Waals surface area contributed by atoms with Gasteiger partial charge in [-0.1, -0.05) is 210 Å². The highest BCUT2D eigenvalue weighted by Gasteiger charge is 2.45. The summed E-state index contributed by atoms with van der Waals surface area (Å²) in [6.07, 6.45) is 39.0. The summed E-state index contributed by atoms with van der Waals surface area (Å²) in [7, 11) is 6.13. The molecule has 0 aromatic heterocycles. The average Bonchev–Trinajstić information content (AvgIpc) is 1.59. The number of hydrogen-bond donors (Lipinski definition) is 4. The van der Waals surface area contributed by atoms with Crippen LogP contribution >= 0.6 is 0 Å². The first-order chi connectivity index (χ1) is 49.7. The minimum Gasteiger partial charge on any atom is -0.355 e. The molecule has 2 heterocycles. The molecule has 0 atom stereocenters. The summed E-state index contributed by atoms with van der Waals surface area (Å²) in [6, 6.07) is 49.0. The van der Waals surface area contributed by atoms with Gasteiger partial charge in [0.1, 0.15) is 29.8 Å². The summed E-state index contributed by atoms with van der Waals surface area (Å²) in [5, 5.41) is 15.2. The second kappa shape index (κ2) is 43.5. The first-order valence-corrected chi connectivity index (χ1v) is 37.2. The molecule has 0 saturated heterocycles. The summed E-state index contributed by atoms with van der Waals surface area (Å²) in [5.74, 6) is -2.16. The maximum atomic E-state index is 12.3. The highest BCUT2D eigenvalue weighted by molar-refractivity contribution is 6.08. The van der Waals surface area contributed by atoms with Crippen LogP contribution in [0, 0.1) is 23.3 Å². The maximum absolute atomic E-state index is 12.3. The van der Waals surface area contributed by atoms with E-state index in [1.165, 1.54) is 309 Å². The summed E-state index contributed by atoms with van der Waals surface area (Å²) in [4.78, 5) is 46.2. The van der Waals surface area contributed by atoms with Crippen LogP contribution in [0.1, 0.15) is 223 Å². The van der Waals surface area contributed by atoms with E-state index in [9.17, 15) is 36.7 Å². The van der Waals surface area contributed by atoms with Crippen LogP contribution in [0.2, 0.25) is 0 Å². The van der Waals surface area contributed by atoms with Crippen LogP contribution in [0.3, 0.4) is 0 Å². The van der Waals surface area contributed by atoms with Gasteiger partial charge in [-0.25, -0.2) is 17.6 Å². The molecule has 2 aliphatic heterocycles. The normalized spacial score (nSPS) is 13.4. The molecule has 103 heavy (non-hydrogen) atoms. The molecule has 8 aromatic rings. The number of nitrogens with zero attached hydrogens (tertiary/aromatic N) is 2. The number of unbranched alkanes of at least 4 members (excludes halogenated alkanes) is 18. The number of rotatable bonds is 29. The standard InChI is InChI=1S/C57H79N2.4C8H8FNO/c1-7-9-11-13-15-17-19-21-23-32-44-58-50-42-40-46-34-28-30-36-48(46)54(50)56(3,4)52(58)38-26-25-27-39-53-57(5,6)55-49-37-31-29-35-47(49)41-43-51(55)59(53)45-33-24-22-20-18-16-14-12-10-8-2;4*1-10-8(11)6-2-4-7(9)5-3-6/h25-31,34-43H,7-24,32-33,44-45H2,1-6H3;4*2-5H,1H3,(H,10,11)/q+1;;;;/i;4*9-1. The molecule has 0 aliphatic carbocycles. The minimum absolute atomic E-state index is 0.0838. The summed E-state index contributed by atoms with van der Waals surface area (Å²) in [5.41, 5.74) is 10.3. The molecule has 0 saturated carbocycles. The van der Waals surface area contributed by atoms with Gasteiger partial charge in [0, 0.05) is 97.9 Å². The molecule has 0 radical (unpaired) electrons. The molecule has 0 fully saturated rings. The van der Waals surface area contributed by atoms with Crippen LogP contribution in [0.15, 0.2) is 206 Å². The van der Waals surface area contributed by atoms with Crippen LogP contribution in [0.25, 0.3) is 21.5 Å². The van der Waals surface area contributed by atoms with E-state index in [1.54, 1.807) is 0 Å². The first-order valence-electron chi connectivity index (χ1n) is 37.2. The Hall–Kier alpha value is -9.43. The number of amides is 4. The SMILES string of the molecule is CCCCCCCCCCCCN1C(=CC=CC=CC2=[N+](CCCCCCCCCCCC)c3ccc4ccccc4c3C2(C)C)C(C)(C)c2c1ccc1ccccc21.CNC(=O)c1ccc([18F])cc1.CNC(=O)c1ccc([18F])cc1.CNC(=O)c1ccc([18F])cc1.CNC(=O)c1ccc([18F])cc1. The second-order valence-electron chi connectivity index (χ2n) is 27.3. The van der Waals surface area contributed by atoms with Crippen molar-refractivity contribution in [2.75, 3.05) is 46.2 Å². The average molecular weight is 1400 g/mol. The molecule has 10 nitrogen and oxygen atoms in total. The number of benzene rings is 8. The van der Waals surface area contributed by atoms with Crippen molar-refractivity contribution < 1.29 is 41.3 Å². The smallest absolute Gasteiger partial charge is 0.251 e. The molecular weight excluding hydrogens is 1290 g/mol. The van der Waals surface area contributed by atoms with Gasteiger partial charge in [0.2, 0.25) is 5.69 Å². The fraction of sp³-hybridized carbons (Fsp3) is 0.382. The third-order valence-corrected chi connectivity index (χ3v) is 19.0. The van der Waals surface area contributed by atoms with E-state index >= 15 is 0 Å². The van der Waals surface area contributed by atoms with Crippen molar-refractivity contribution in [2.24, 2.45) is 0 Å². The topological polar surface area (TPSA) is 123 Å². The summed E-state index contributed by atoms with van der Waals surface area (Å²) < 4.78 is 51.9. The van der Waals surface area contributed by atoms with Gasteiger partial charge >= 0.3 is 0 Å². The molecule has 0 unspecified atom stereocenters. The number of hydrogen-bond acceptors (Lipinski definition) is 5. The zero-order chi connectivity index (χ0) is 74.6. The van der Waals surface area contributed by atoms with Crippen LogP contribution < -0.4 is 26.2 Å². The minimum atomic E-state index is -0.336. The van der Waals surface area contributed by atoms with Crippen LogP contribution in [0.5, 0.6) is 0 Å². The Morgan fingerprint density at radius 3 is 1.13 bits per heavy atom. The van der Waals surface area contributed by atoms with E-state index in [4.69, 9.17) is 0 Å². The van der Waals surface area contributed by atoms with Gasteiger partial charge in [-0.05, 0) is 169 Å². The number of halogens is 4. The third kappa shape index (κ3) is 24.9. The van der Waals surface area contributed by atoms with Gasteiger partial charge in [-0.15, -0.1) is 0 Å². The van der Waals surface area contributed by atoms with Gasteiger partial charge in [-0.3, -0.25) is 19.2 Å². The van der Waals surface area contributed by atoms with Gasteiger partial charge < -0.3 is 26.2 Å². The molecule has 4 N–H and O–H groups in total. The monoisotopic (exact) mass is 1400 g/mol. The molecule has 14 heteroatoms. The zero-order valence-corrected chi connectivity index (χ0v) is 62.6. The van der Waals surface area contributed by atoms with E-state index in [2.05, 4.69) is 175 Å². The summed E-state index contributed by atoms with van der Waals surface area (Å²) >= 11 is 0. The molecular formula is C89H111F4N6O4+. The van der Waals surface area contributed by atoms with Crippen molar-refractivity contribution in [1.29, 1.82) is 0 Å². The van der Waals surface area contributed by atoms with Crippen molar-refractivity contribution in [3.8, 4) is 0 Å². The highest BCUT2D eigenvalue weighted by atomic mass is 18.2. The number of anilines is 1. The summed E-state index contributed by atoms with van der Waals surface area (Å²) in [6.45, 7) is 16.5. The van der Waals surface area contributed by atoms with Crippen molar-refractivity contribution in [1.82, 2.24) is 21.3 Å². The number of fused-ring (bicyclic) bond motifs is 6. The maximum Gasteiger partial charge on any atom is 0.251 e. The highest BCUT2D eigenvalue weighted by Crippen LogP contribution is 2.51. The van der Waals surface area contributed by atoms with E-state index in [-0.39, 0.29) is 57.7 Å². The van der Waals surface area contributed by atoms with Gasteiger partial charge in [0.25, 0.3) is 23.6 Å². The number of nitrogens with one attached hydrogen (secondary N) is 4. The van der Waals surface area contributed by atoms with Gasteiger partial charge in [-0.2, -0.15) is 4.58 Å². The molecule has 548 valence electrons. The van der Waals surface area contributed by atoms with E-state index in [1.807, 2.05) is 0 Å². The molecule has 0 spiro atoms. The lowest BCUT2D eigenvalue weighted by atomic mass is 9.79. The van der Waals surface area contributed by atoms with Crippen LogP contribution in [0.4, 0.5) is 28.9 Å². The number of allylic oxidation sites excluding steroid dienone is 6. The fourth-order valence-corrected chi connectivity index (χ4v) is 13.4. The lowest BCUT2D eigenvalue weighted by Gasteiger charge is -2.27. The number of carbonyl (C=O) groups is 4. The van der Waals surface area contributed by atoms with Gasteiger partial charge in [0.15, 0.2) is 5.71 Å². The molecule has 8 aromatic carbocycles. The fourth-order valence-electron chi connectivity index (χ4n) is 13.4. The predicted octanol–water partition coefficient (Wildman–Crippen LogP) is 21.7. The number of carbonyl (C=O) groups excluding carboxylic acids is 4. The van der Waals surface area contributed by atoms with E-state index < -0.39 is 0 Å². The van der Waals surface area contributed by atoms with Crippen molar-refractivity contribution in [3.63, 3.8) is 0 Å². The quantitative estimate of drug-likeness (QED) is 0.0161. The van der Waals surface area contributed by atoms with Crippen molar-refractivity contribution in [3.05, 3.63) is 263 Å². The lowest BCUT2D eigenvalue weighted by Crippen LogP contribution is -2.28. The zero-order valence-electron chi connectivity index (χ0n) is 62.6. The molecule has 0 bridgehead atoms. The molecule has 10 rings (SSSR count). The van der Waals surface area contributed by atoms with Gasteiger partial charge in [0.05, 0.1) is 5.41 Å². The van der Waals surface area contributed by atoms with E-state index in [0.717, 1.165) is 13.1 Å². The molecule has 4 amide bonds. The van der Waals surface area contributed by atoms with E-state index in [0.29, 0.717) is 22.3 Å².